The summed E-state index contributed by atoms with van der Waals surface area (Å²) in [7, 11) is 0. The van der Waals surface area contributed by atoms with E-state index in [1.54, 1.807) is 0 Å². The lowest BCUT2D eigenvalue weighted by atomic mass is 10.2. The first-order valence-electron chi connectivity index (χ1n) is 4.66. The lowest BCUT2D eigenvalue weighted by Crippen LogP contribution is -1.98. The Morgan fingerprint density at radius 3 is 2.67 bits per heavy atom. The predicted octanol–water partition coefficient (Wildman–Crippen LogP) is 3.27. The molecule has 4 heteroatoms. The van der Waals surface area contributed by atoms with Crippen molar-refractivity contribution in [1.29, 1.82) is 0 Å². The smallest absolute Gasteiger partial charge is 0.335 e. The maximum atomic E-state index is 13.4. The molecule has 0 aromatic heterocycles. The van der Waals surface area contributed by atoms with Gasteiger partial charge in [-0.05, 0) is 24.1 Å². The monoisotopic (exact) mass is 228 g/mol. The molecule has 1 rings (SSSR count). The molecule has 0 saturated heterocycles. The molecule has 82 valence electrons. The summed E-state index contributed by atoms with van der Waals surface area (Å²) in [4.78, 5) is 11.1. The summed E-state index contributed by atoms with van der Waals surface area (Å²) < 4.78 is 13.4. The number of hydrogen-bond acceptors (Lipinski definition) is 2. The molecule has 15 heavy (non-hydrogen) atoms. The van der Waals surface area contributed by atoms with Crippen molar-refractivity contribution in [3.05, 3.63) is 29.6 Å². The van der Waals surface area contributed by atoms with Crippen molar-refractivity contribution in [2.45, 2.75) is 18.7 Å². The molecular formula is C11H13FO2S. The van der Waals surface area contributed by atoms with Gasteiger partial charge in [-0.15, -0.1) is 11.8 Å². The van der Waals surface area contributed by atoms with Crippen molar-refractivity contribution in [3.63, 3.8) is 0 Å². The Morgan fingerprint density at radius 2 is 2.20 bits per heavy atom. The summed E-state index contributed by atoms with van der Waals surface area (Å²) in [5.41, 5.74) is -0.0126. The minimum Gasteiger partial charge on any atom is -0.478 e. The molecule has 0 atom stereocenters. The summed E-state index contributed by atoms with van der Waals surface area (Å²) in [6.45, 7) is 4.10. The first kappa shape index (κ1) is 12.0. The van der Waals surface area contributed by atoms with Crippen molar-refractivity contribution in [1.82, 2.24) is 0 Å². The van der Waals surface area contributed by atoms with Gasteiger partial charge in [0.2, 0.25) is 0 Å². The maximum absolute atomic E-state index is 13.4. The molecular weight excluding hydrogens is 215 g/mol. The van der Waals surface area contributed by atoms with E-state index >= 15 is 0 Å². The molecule has 0 aliphatic rings. The third-order valence-electron chi connectivity index (χ3n) is 1.75. The fourth-order valence-corrected chi connectivity index (χ4v) is 1.88. The minimum absolute atomic E-state index is 0.0126. The van der Waals surface area contributed by atoms with Crippen LogP contribution in [0.4, 0.5) is 4.39 Å². The third-order valence-corrected chi connectivity index (χ3v) is 3.23. The van der Waals surface area contributed by atoms with E-state index in [0.717, 1.165) is 11.8 Å². The number of benzene rings is 1. The summed E-state index contributed by atoms with van der Waals surface area (Å²) >= 11 is 1.41. The Hall–Kier alpha value is -1.03. The fourth-order valence-electron chi connectivity index (χ4n) is 1.01. The van der Waals surface area contributed by atoms with Crippen molar-refractivity contribution < 1.29 is 14.3 Å². The normalized spacial score (nSPS) is 10.7. The second-order valence-corrected chi connectivity index (χ2v) is 4.72. The van der Waals surface area contributed by atoms with Crippen LogP contribution in [0.2, 0.25) is 0 Å². The second-order valence-electron chi connectivity index (χ2n) is 3.66. The van der Waals surface area contributed by atoms with Gasteiger partial charge in [0.25, 0.3) is 0 Å². The molecule has 1 aromatic rings. The van der Waals surface area contributed by atoms with Gasteiger partial charge < -0.3 is 5.11 Å². The average molecular weight is 228 g/mol. The van der Waals surface area contributed by atoms with E-state index in [1.165, 1.54) is 23.9 Å². The van der Waals surface area contributed by atoms with E-state index in [-0.39, 0.29) is 5.56 Å². The lowest BCUT2D eigenvalue weighted by Gasteiger charge is -2.06. The van der Waals surface area contributed by atoms with E-state index in [9.17, 15) is 9.18 Å². The van der Waals surface area contributed by atoms with E-state index in [0.29, 0.717) is 10.8 Å². The molecule has 0 amide bonds. The Morgan fingerprint density at radius 1 is 1.53 bits per heavy atom. The number of halogens is 1. The van der Waals surface area contributed by atoms with Gasteiger partial charge in [0, 0.05) is 10.6 Å². The molecule has 0 fully saturated rings. The quantitative estimate of drug-likeness (QED) is 0.803. The summed E-state index contributed by atoms with van der Waals surface area (Å²) in [5.74, 6) is -0.257. The topological polar surface area (TPSA) is 37.3 Å². The van der Waals surface area contributed by atoms with Gasteiger partial charge in [-0.3, -0.25) is 0 Å². The first-order valence-corrected chi connectivity index (χ1v) is 5.65. The Bertz CT molecular complexity index is 364. The number of hydrogen-bond donors (Lipinski definition) is 1. The zero-order chi connectivity index (χ0) is 11.4. The molecule has 0 unspecified atom stereocenters. The number of rotatable bonds is 4. The van der Waals surface area contributed by atoms with Crippen LogP contribution in [0.1, 0.15) is 24.2 Å². The maximum Gasteiger partial charge on any atom is 0.335 e. The number of carboxylic acids is 1. The van der Waals surface area contributed by atoms with E-state index in [1.807, 2.05) is 0 Å². The molecule has 0 saturated carbocycles. The zero-order valence-electron chi connectivity index (χ0n) is 8.66. The standard InChI is InChI=1S/C11H13FO2S/c1-7(2)6-15-10-4-3-8(11(13)14)5-9(10)12/h3-5,7H,6H2,1-2H3,(H,13,14). The van der Waals surface area contributed by atoms with Gasteiger partial charge in [0.1, 0.15) is 5.82 Å². The highest BCUT2D eigenvalue weighted by Gasteiger charge is 2.08. The van der Waals surface area contributed by atoms with Crippen molar-refractivity contribution in [2.75, 3.05) is 5.75 Å². The highest BCUT2D eigenvalue weighted by atomic mass is 32.2. The number of carboxylic acid groups (broad SMARTS) is 1. The molecule has 0 radical (unpaired) electrons. The van der Waals surface area contributed by atoms with Gasteiger partial charge in [0.15, 0.2) is 0 Å². The van der Waals surface area contributed by atoms with Gasteiger partial charge in [0.05, 0.1) is 5.56 Å². The van der Waals surface area contributed by atoms with Crippen LogP contribution in [0.15, 0.2) is 23.1 Å². The van der Waals surface area contributed by atoms with Crippen LogP contribution >= 0.6 is 11.8 Å². The van der Waals surface area contributed by atoms with E-state index in [2.05, 4.69) is 13.8 Å². The highest BCUT2D eigenvalue weighted by molar-refractivity contribution is 7.99. The molecule has 1 aromatic carbocycles. The minimum atomic E-state index is -1.10. The molecule has 1 N–H and O–H groups in total. The Labute approximate surface area is 92.5 Å². The molecule has 0 heterocycles. The summed E-state index contributed by atoms with van der Waals surface area (Å²) in [6.07, 6.45) is 0. The van der Waals surface area contributed by atoms with Crippen LogP contribution < -0.4 is 0 Å². The molecule has 0 spiro atoms. The fraction of sp³-hybridized carbons (Fsp3) is 0.364. The van der Waals surface area contributed by atoms with E-state index in [4.69, 9.17) is 5.11 Å². The molecule has 2 nitrogen and oxygen atoms in total. The van der Waals surface area contributed by atoms with Crippen LogP contribution in [-0.2, 0) is 0 Å². The third kappa shape index (κ3) is 3.55. The van der Waals surface area contributed by atoms with Crippen molar-refractivity contribution in [2.24, 2.45) is 5.92 Å². The number of carbonyl (C=O) groups is 1. The van der Waals surface area contributed by atoms with Crippen molar-refractivity contribution in [3.8, 4) is 0 Å². The van der Waals surface area contributed by atoms with E-state index < -0.39 is 11.8 Å². The number of aromatic carboxylic acids is 1. The molecule has 0 aliphatic heterocycles. The largest absolute Gasteiger partial charge is 0.478 e. The van der Waals surface area contributed by atoms with Gasteiger partial charge in [-0.2, -0.15) is 0 Å². The molecule has 0 aliphatic carbocycles. The summed E-state index contributed by atoms with van der Waals surface area (Å²) in [6, 6.07) is 4.00. The van der Waals surface area contributed by atoms with Crippen LogP contribution in [-0.4, -0.2) is 16.8 Å². The summed E-state index contributed by atoms with van der Waals surface area (Å²) in [5, 5.41) is 8.64. The first-order chi connectivity index (χ1) is 7.00. The zero-order valence-corrected chi connectivity index (χ0v) is 9.47. The van der Waals surface area contributed by atoms with Crippen LogP contribution in [0, 0.1) is 11.7 Å². The Balaban J connectivity index is 2.79. The Kier molecular flexibility index (Phi) is 4.15. The average Bonchev–Trinajstić information content (AvgIpc) is 2.15. The highest BCUT2D eigenvalue weighted by Crippen LogP contribution is 2.24. The SMILES string of the molecule is CC(C)CSc1ccc(C(=O)O)cc1F. The predicted molar refractivity (Wildman–Crippen MR) is 58.9 cm³/mol. The van der Waals surface area contributed by atoms with Gasteiger partial charge in [-0.1, -0.05) is 13.8 Å². The van der Waals surface area contributed by atoms with Gasteiger partial charge in [-0.25, -0.2) is 9.18 Å². The van der Waals surface area contributed by atoms with Crippen LogP contribution in [0.5, 0.6) is 0 Å². The van der Waals surface area contributed by atoms with Crippen LogP contribution in [0.25, 0.3) is 0 Å². The molecule has 0 bridgehead atoms. The number of thioether (sulfide) groups is 1. The lowest BCUT2D eigenvalue weighted by molar-refractivity contribution is 0.0696. The van der Waals surface area contributed by atoms with Gasteiger partial charge >= 0.3 is 5.97 Å². The van der Waals surface area contributed by atoms with Crippen molar-refractivity contribution >= 4 is 17.7 Å². The second kappa shape index (κ2) is 5.16. The van der Waals surface area contributed by atoms with Crippen LogP contribution in [0.3, 0.4) is 0 Å².